The van der Waals surface area contributed by atoms with Gasteiger partial charge in [-0.25, -0.2) is 0 Å². The Balaban J connectivity index is 1.98. The lowest BCUT2D eigenvalue weighted by Gasteiger charge is -2.10. The lowest BCUT2D eigenvalue weighted by atomic mass is 10.1. The standard InChI is InChI=1S/C15H15N3OS/c1-11(18-19)12-7-9-14(10-8-12)17-15(20)16-13-5-3-2-4-6-13/h2-10,19H,1H3,(H2,16,17,20). The van der Waals surface area contributed by atoms with Gasteiger partial charge in [0.25, 0.3) is 0 Å². The van der Waals surface area contributed by atoms with Crippen LogP contribution in [0.2, 0.25) is 0 Å². The zero-order valence-electron chi connectivity index (χ0n) is 11.0. The van der Waals surface area contributed by atoms with Gasteiger partial charge in [-0.2, -0.15) is 0 Å². The highest BCUT2D eigenvalue weighted by Gasteiger charge is 2.00. The molecule has 0 spiro atoms. The molecule has 0 unspecified atom stereocenters. The molecule has 0 saturated heterocycles. The van der Waals surface area contributed by atoms with Crippen LogP contribution in [0.15, 0.2) is 59.8 Å². The van der Waals surface area contributed by atoms with Gasteiger partial charge in [0, 0.05) is 11.4 Å². The molecule has 0 amide bonds. The zero-order valence-corrected chi connectivity index (χ0v) is 11.8. The molecule has 102 valence electrons. The van der Waals surface area contributed by atoms with Gasteiger partial charge in [0.15, 0.2) is 5.11 Å². The van der Waals surface area contributed by atoms with Crippen molar-refractivity contribution in [1.82, 2.24) is 0 Å². The molecule has 0 aliphatic carbocycles. The molecule has 0 aliphatic heterocycles. The fourth-order valence-electron chi connectivity index (χ4n) is 1.67. The van der Waals surface area contributed by atoms with E-state index in [1.165, 1.54) is 0 Å². The van der Waals surface area contributed by atoms with Crippen LogP contribution < -0.4 is 10.6 Å². The smallest absolute Gasteiger partial charge is 0.175 e. The molecule has 2 aromatic rings. The van der Waals surface area contributed by atoms with Gasteiger partial charge in [-0.3, -0.25) is 0 Å². The number of hydrogen-bond acceptors (Lipinski definition) is 3. The maximum absolute atomic E-state index is 8.71. The fourth-order valence-corrected chi connectivity index (χ4v) is 1.90. The summed E-state index contributed by atoms with van der Waals surface area (Å²) in [5.41, 5.74) is 3.24. The van der Waals surface area contributed by atoms with E-state index in [1.807, 2.05) is 54.6 Å². The molecular formula is C15H15N3OS. The summed E-state index contributed by atoms with van der Waals surface area (Å²) in [5, 5.41) is 18.6. The molecule has 5 heteroatoms. The Morgan fingerprint density at radius 2 is 1.50 bits per heavy atom. The van der Waals surface area contributed by atoms with E-state index in [0.29, 0.717) is 10.8 Å². The molecule has 2 rings (SSSR count). The van der Waals surface area contributed by atoms with Crippen LogP contribution in [0.1, 0.15) is 12.5 Å². The number of oxime groups is 1. The summed E-state index contributed by atoms with van der Waals surface area (Å²) in [6.07, 6.45) is 0. The Hall–Kier alpha value is -2.40. The molecule has 4 nitrogen and oxygen atoms in total. The van der Waals surface area contributed by atoms with Gasteiger partial charge >= 0.3 is 0 Å². The molecule has 0 bridgehead atoms. The highest BCUT2D eigenvalue weighted by molar-refractivity contribution is 7.80. The van der Waals surface area contributed by atoms with Crippen LogP contribution in [0.3, 0.4) is 0 Å². The zero-order chi connectivity index (χ0) is 14.4. The highest BCUT2D eigenvalue weighted by Crippen LogP contribution is 2.12. The molecule has 20 heavy (non-hydrogen) atoms. The maximum atomic E-state index is 8.71. The van der Waals surface area contributed by atoms with Crippen molar-refractivity contribution in [3.8, 4) is 0 Å². The maximum Gasteiger partial charge on any atom is 0.175 e. The second-order valence-electron chi connectivity index (χ2n) is 4.21. The van der Waals surface area contributed by atoms with Crippen molar-refractivity contribution in [2.24, 2.45) is 5.16 Å². The molecular weight excluding hydrogens is 270 g/mol. The summed E-state index contributed by atoms with van der Waals surface area (Å²) in [6.45, 7) is 1.74. The summed E-state index contributed by atoms with van der Waals surface area (Å²) in [7, 11) is 0. The second kappa shape index (κ2) is 6.68. The van der Waals surface area contributed by atoms with Gasteiger partial charge in [0.05, 0.1) is 5.71 Å². The molecule has 2 aromatic carbocycles. The number of nitrogens with zero attached hydrogens (tertiary/aromatic N) is 1. The number of thiocarbonyl (C=S) groups is 1. The average Bonchev–Trinajstić information content (AvgIpc) is 2.48. The Kier molecular flexibility index (Phi) is 4.68. The van der Waals surface area contributed by atoms with E-state index < -0.39 is 0 Å². The number of para-hydroxylation sites is 1. The number of benzene rings is 2. The summed E-state index contributed by atoms with van der Waals surface area (Å²) in [5.74, 6) is 0. The second-order valence-corrected chi connectivity index (χ2v) is 4.62. The van der Waals surface area contributed by atoms with Gasteiger partial charge in [0.2, 0.25) is 0 Å². The molecule has 0 aliphatic rings. The summed E-state index contributed by atoms with van der Waals surface area (Å²) in [6, 6.07) is 17.2. The van der Waals surface area contributed by atoms with Crippen LogP contribution in [0.25, 0.3) is 0 Å². The van der Waals surface area contributed by atoms with Crippen molar-refractivity contribution in [1.29, 1.82) is 0 Å². The summed E-state index contributed by atoms with van der Waals surface area (Å²) in [4.78, 5) is 0. The van der Waals surface area contributed by atoms with Crippen molar-refractivity contribution < 1.29 is 5.21 Å². The van der Waals surface area contributed by atoms with E-state index in [0.717, 1.165) is 16.9 Å². The van der Waals surface area contributed by atoms with Crippen molar-refractivity contribution in [2.45, 2.75) is 6.92 Å². The van der Waals surface area contributed by atoms with Gasteiger partial charge < -0.3 is 15.8 Å². The first-order valence-corrected chi connectivity index (χ1v) is 6.52. The Morgan fingerprint density at radius 3 is 2.05 bits per heavy atom. The first-order chi connectivity index (χ1) is 9.69. The van der Waals surface area contributed by atoms with Gasteiger partial charge in [-0.05, 0) is 49.0 Å². The normalized spacial score (nSPS) is 10.9. The average molecular weight is 285 g/mol. The third-order valence-corrected chi connectivity index (χ3v) is 2.95. The van der Waals surface area contributed by atoms with Crippen molar-refractivity contribution in [2.75, 3.05) is 10.6 Å². The van der Waals surface area contributed by atoms with E-state index in [4.69, 9.17) is 17.4 Å². The van der Waals surface area contributed by atoms with Crippen LogP contribution in [0.5, 0.6) is 0 Å². The largest absolute Gasteiger partial charge is 0.411 e. The fraction of sp³-hybridized carbons (Fsp3) is 0.0667. The number of anilines is 2. The first kappa shape index (κ1) is 14.0. The molecule has 0 aromatic heterocycles. The first-order valence-electron chi connectivity index (χ1n) is 6.11. The van der Waals surface area contributed by atoms with E-state index in [9.17, 15) is 0 Å². The van der Waals surface area contributed by atoms with E-state index >= 15 is 0 Å². The lowest BCUT2D eigenvalue weighted by Crippen LogP contribution is -2.18. The summed E-state index contributed by atoms with van der Waals surface area (Å²) < 4.78 is 0. The third-order valence-electron chi connectivity index (χ3n) is 2.74. The van der Waals surface area contributed by atoms with E-state index in [2.05, 4.69) is 15.8 Å². The molecule has 0 saturated carbocycles. The third kappa shape index (κ3) is 3.80. The molecule has 0 heterocycles. The van der Waals surface area contributed by atoms with Crippen molar-refractivity contribution in [3.63, 3.8) is 0 Å². The molecule has 0 radical (unpaired) electrons. The Morgan fingerprint density at radius 1 is 0.950 bits per heavy atom. The number of hydrogen-bond donors (Lipinski definition) is 3. The lowest BCUT2D eigenvalue weighted by molar-refractivity contribution is 0.319. The highest BCUT2D eigenvalue weighted by atomic mass is 32.1. The van der Waals surface area contributed by atoms with Crippen LogP contribution in [-0.4, -0.2) is 16.0 Å². The molecule has 0 atom stereocenters. The SMILES string of the molecule is CC(=NO)c1ccc(NC(=S)Nc2ccccc2)cc1. The summed E-state index contributed by atoms with van der Waals surface area (Å²) >= 11 is 5.24. The predicted octanol–water partition coefficient (Wildman–Crippen LogP) is 3.69. The number of rotatable bonds is 3. The monoisotopic (exact) mass is 285 g/mol. The quantitative estimate of drug-likeness (QED) is 0.348. The predicted molar refractivity (Wildman–Crippen MR) is 86.7 cm³/mol. The minimum Gasteiger partial charge on any atom is -0.411 e. The van der Waals surface area contributed by atoms with Crippen molar-refractivity contribution in [3.05, 3.63) is 60.2 Å². The Labute approximate surface area is 123 Å². The molecule has 0 fully saturated rings. The number of nitrogens with one attached hydrogen (secondary N) is 2. The van der Waals surface area contributed by atoms with Crippen LogP contribution in [0.4, 0.5) is 11.4 Å². The van der Waals surface area contributed by atoms with Crippen LogP contribution in [0, 0.1) is 0 Å². The molecule has 3 N–H and O–H groups in total. The minimum atomic E-state index is 0.525. The van der Waals surface area contributed by atoms with E-state index in [1.54, 1.807) is 6.92 Å². The van der Waals surface area contributed by atoms with Gasteiger partial charge in [-0.15, -0.1) is 0 Å². The Bertz CT molecular complexity index is 609. The van der Waals surface area contributed by atoms with Crippen LogP contribution >= 0.6 is 12.2 Å². The van der Waals surface area contributed by atoms with Crippen molar-refractivity contribution >= 4 is 34.4 Å². The van der Waals surface area contributed by atoms with Gasteiger partial charge in [-0.1, -0.05) is 35.5 Å². The van der Waals surface area contributed by atoms with Gasteiger partial charge in [0.1, 0.15) is 0 Å². The topological polar surface area (TPSA) is 56.7 Å². The minimum absolute atomic E-state index is 0.525. The van der Waals surface area contributed by atoms with Crippen LogP contribution in [-0.2, 0) is 0 Å². The van der Waals surface area contributed by atoms with E-state index in [-0.39, 0.29) is 0 Å².